The van der Waals surface area contributed by atoms with Gasteiger partial charge in [-0.25, -0.2) is 0 Å². The second-order valence-corrected chi connectivity index (χ2v) is 7.27. The first kappa shape index (κ1) is 23.5. The van der Waals surface area contributed by atoms with Gasteiger partial charge in [-0.2, -0.15) is 0 Å². The molecule has 0 spiro atoms. The van der Waals surface area contributed by atoms with Crippen LogP contribution in [0.3, 0.4) is 0 Å². The van der Waals surface area contributed by atoms with Gasteiger partial charge in [-0.05, 0) is 42.3 Å². The number of rotatable bonds is 9. The largest absolute Gasteiger partial charge is 0.495 e. The molecule has 0 radical (unpaired) electrons. The molecule has 0 aliphatic heterocycles. The van der Waals surface area contributed by atoms with Gasteiger partial charge < -0.3 is 14.8 Å². The van der Waals surface area contributed by atoms with E-state index in [1.54, 1.807) is 42.5 Å². The summed E-state index contributed by atoms with van der Waals surface area (Å²) in [6.07, 6.45) is 0.643. The second-order valence-electron chi connectivity index (χ2n) is 6.84. The van der Waals surface area contributed by atoms with Crippen LogP contribution in [-0.4, -0.2) is 22.9 Å². The molecule has 33 heavy (non-hydrogen) atoms. The number of carbonyl (C=O) groups is 1. The highest BCUT2D eigenvalue weighted by atomic mass is 35.5. The number of hydrogen-bond donors (Lipinski definition) is 1. The molecule has 3 aromatic carbocycles. The number of aryl methyl sites for hydroxylation is 1. The maximum Gasteiger partial charge on any atom is 0.280 e. The monoisotopic (exact) mass is 471 g/mol. The van der Waals surface area contributed by atoms with E-state index >= 15 is 0 Å². The van der Waals surface area contributed by atoms with Gasteiger partial charge in [0.15, 0.2) is 0 Å². The van der Waals surface area contributed by atoms with E-state index in [1.807, 2.05) is 0 Å². The number of nitrogens with one attached hydrogen (secondary N) is 1. The average Bonchev–Trinajstić information content (AvgIpc) is 2.78. The van der Waals surface area contributed by atoms with Crippen molar-refractivity contribution in [2.24, 2.45) is 0 Å². The number of nitro benzene ring substituents is 2. The number of amides is 1. The first-order valence-electron chi connectivity index (χ1n) is 9.59. The Balaban J connectivity index is 1.62. The van der Waals surface area contributed by atoms with Crippen molar-refractivity contribution in [3.63, 3.8) is 0 Å². The summed E-state index contributed by atoms with van der Waals surface area (Å²) in [4.78, 5) is 32.8. The SMILES string of the molecule is COc1ccc(Cl)cc1NC(=O)CCc1ccc(Oc2cc([N+](=O)[O-])cc([N+](=O)[O-])c2)cc1. The Hall–Kier alpha value is -4.18. The Morgan fingerprint density at radius 3 is 2.15 bits per heavy atom. The highest BCUT2D eigenvalue weighted by molar-refractivity contribution is 6.31. The summed E-state index contributed by atoms with van der Waals surface area (Å²) in [5.41, 5.74) is 0.432. The molecule has 0 aliphatic rings. The van der Waals surface area contributed by atoms with Gasteiger partial charge in [0, 0.05) is 11.4 Å². The zero-order valence-electron chi connectivity index (χ0n) is 17.3. The zero-order chi connectivity index (χ0) is 24.0. The van der Waals surface area contributed by atoms with Crippen molar-refractivity contribution in [3.05, 3.63) is 91.5 Å². The van der Waals surface area contributed by atoms with Crippen molar-refractivity contribution in [1.29, 1.82) is 0 Å². The molecule has 0 bridgehead atoms. The predicted octanol–water partition coefficient (Wildman–Crippen LogP) is 5.53. The maximum absolute atomic E-state index is 12.3. The molecule has 0 saturated carbocycles. The molecule has 1 amide bonds. The fourth-order valence-electron chi connectivity index (χ4n) is 2.95. The third-order valence-corrected chi connectivity index (χ3v) is 4.77. The number of hydrogen-bond acceptors (Lipinski definition) is 7. The van der Waals surface area contributed by atoms with E-state index in [0.29, 0.717) is 28.6 Å². The lowest BCUT2D eigenvalue weighted by Gasteiger charge is -2.11. The highest BCUT2D eigenvalue weighted by Gasteiger charge is 2.17. The highest BCUT2D eigenvalue weighted by Crippen LogP contribution is 2.31. The Bertz CT molecular complexity index is 1170. The Kier molecular flexibility index (Phi) is 7.42. The van der Waals surface area contributed by atoms with Crippen molar-refractivity contribution < 1.29 is 24.1 Å². The van der Waals surface area contributed by atoms with Crippen molar-refractivity contribution in [1.82, 2.24) is 0 Å². The molecule has 0 atom stereocenters. The van der Waals surface area contributed by atoms with Crippen molar-refractivity contribution >= 4 is 34.6 Å². The third-order valence-electron chi connectivity index (χ3n) is 4.53. The summed E-state index contributed by atoms with van der Waals surface area (Å²) in [6, 6.07) is 14.7. The van der Waals surface area contributed by atoms with Crippen LogP contribution < -0.4 is 14.8 Å². The van der Waals surface area contributed by atoms with E-state index in [0.717, 1.165) is 23.8 Å². The minimum atomic E-state index is -0.729. The van der Waals surface area contributed by atoms with E-state index in [2.05, 4.69) is 5.32 Å². The lowest BCUT2D eigenvalue weighted by Crippen LogP contribution is -2.13. The molecule has 0 aliphatic carbocycles. The van der Waals surface area contributed by atoms with Gasteiger partial charge in [0.1, 0.15) is 17.2 Å². The molecular weight excluding hydrogens is 454 g/mol. The number of benzene rings is 3. The van der Waals surface area contributed by atoms with Gasteiger partial charge in [0.05, 0.1) is 40.8 Å². The zero-order valence-corrected chi connectivity index (χ0v) is 18.1. The topological polar surface area (TPSA) is 134 Å². The molecule has 0 unspecified atom stereocenters. The minimum Gasteiger partial charge on any atom is -0.495 e. The number of anilines is 1. The Labute approximate surface area is 193 Å². The first-order valence-corrected chi connectivity index (χ1v) is 9.97. The summed E-state index contributed by atoms with van der Waals surface area (Å²) >= 11 is 5.97. The fraction of sp³-hybridized carbons (Fsp3) is 0.136. The summed E-state index contributed by atoms with van der Waals surface area (Å²) < 4.78 is 10.7. The number of ether oxygens (including phenoxy) is 2. The number of halogens is 1. The van der Waals surface area contributed by atoms with E-state index in [1.165, 1.54) is 7.11 Å². The molecule has 3 rings (SSSR count). The van der Waals surface area contributed by atoms with Crippen LogP contribution >= 0.6 is 11.6 Å². The molecule has 0 saturated heterocycles. The Morgan fingerprint density at radius 2 is 1.58 bits per heavy atom. The van der Waals surface area contributed by atoms with Crippen LogP contribution in [0.15, 0.2) is 60.7 Å². The number of methoxy groups -OCH3 is 1. The van der Waals surface area contributed by atoms with Gasteiger partial charge in [-0.15, -0.1) is 0 Å². The van der Waals surface area contributed by atoms with Crippen LogP contribution in [-0.2, 0) is 11.2 Å². The van der Waals surface area contributed by atoms with Crippen molar-refractivity contribution in [3.8, 4) is 17.2 Å². The number of non-ortho nitro benzene ring substituents is 2. The van der Waals surface area contributed by atoms with Crippen molar-refractivity contribution in [2.75, 3.05) is 12.4 Å². The van der Waals surface area contributed by atoms with Crippen LogP contribution in [0, 0.1) is 20.2 Å². The van der Waals surface area contributed by atoms with E-state index in [-0.39, 0.29) is 18.1 Å². The minimum absolute atomic E-state index is 0.0292. The number of carbonyl (C=O) groups excluding carboxylic acids is 1. The summed E-state index contributed by atoms with van der Waals surface area (Å²) in [5.74, 6) is 0.579. The maximum atomic E-state index is 12.3. The van der Waals surface area contributed by atoms with Gasteiger partial charge in [0.25, 0.3) is 11.4 Å². The molecule has 0 fully saturated rings. The number of nitro groups is 2. The molecule has 0 heterocycles. The number of nitrogens with zero attached hydrogens (tertiary/aromatic N) is 2. The van der Waals surface area contributed by atoms with Crippen LogP contribution in [0.1, 0.15) is 12.0 Å². The van der Waals surface area contributed by atoms with Gasteiger partial charge in [0.2, 0.25) is 5.91 Å². The molecular formula is C22H18ClN3O7. The van der Waals surface area contributed by atoms with Crippen LogP contribution in [0.25, 0.3) is 0 Å². The van der Waals surface area contributed by atoms with Crippen LogP contribution in [0.2, 0.25) is 5.02 Å². The van der Waals surface area contributed by atoms with Crippen molar-refractivity contribution in [2.45, 2.75) is 12.8 Å². The summed E-state index contributed by atoms with van der Waals surface area (Å²) in [7, 11) is 1.49. The molecule has 10 nitrogen and oxygen atoms in total. The average molecular weight is 472 g/mol. The lowest BCUT2D eigenvalue weighted by molar-refractivity contribution is -0.394. The van der Waals surface area contributed by atoms with Gasteiger partial charge in [-0.1, -0.05) is 23.7 Å². The quantitative estimate of drug-likeness (QED) is 0.320. The van der Waals surface area contributed by atoms with Gasteiger partial charge >= 0.3 is 0 Å². The summed E-state index contributed by atoms with van der Waals surface area (Å²) in [6.45, 7) is 0. The Morgan fingerprint density at radius 1 is 0.939 bits per heavy atom. The predicted molar refractivity (Wildman–Crippen MR) is 121 cm³/mol. The summed E-state index contributed by atoms with van der Waals surface area (Å²) in [5, 5.41) is 25.2. The second kappa shape index (κ2) is 10.4. The molecule has 1 N–H and O–H groups in total. The standard InChI is InChI=1S/C22H18ClN3O7/c1-32-21-8-5-15(23)10-20(21)24-22(27)9-4-14-2-6-18(7-3-14)33-19-12-16(25(28)29)11-17(13-19)26(30)31/h2-3,5-8,10-13H,4,9H2,1H3,(H,24,27). The van der Waals surface area contributed by atoms with E-state index < -0.39 is 21.2 Å². The molecule has 3 aromatic rings. The van der Waals surface area contributed by atoms with Crippen LogP contribution in [0.5, 0.6) is 17.2 Å². The first-order chi connectivity index (χ1) is 15.7. The third kappa shape index (κ3) is 6.40. The van der Waals surface area contributed by atoms with E-state index in [4.69, 9.17) is 21.1 Å². The fourth-order valence-corrected chi connectivity index (χ4v) is 3.12. The molecule has 11 heteroatoms. The van der Waals surface area contributed by atoms with Gasteiger partial charge in [-0.3, -0.25) is 25.0 Å². The molecule has 0 aromatic heterocycles. The lowest BCUT2D eigenvalue weighted by atomic mass is 10.1. The normalized spacial score (nSPS) is 10.4. The van der Waals surface area contributed by atoms with Crippen LogP contribution in [0.4, 0.5) is 17.1 Å². The molecule has 170 valence electrons. The van der Waals surface area contributed by atoms with E-state index in [9.17, 15) is 25.0 Å². The smallest absolute Gasteiger partial charge is 0.280 e.